The third-order valence-electron chi connectivity index (χ3n) is 1.56. The van der Waals surface area contributed by atoms with Gasteiger partial charge in [0, 0.05) is 0 Å². The summed E-state index contributed by atoms with van der Waals surface area (Å²) < 4.78 is 29.6. The van der Waals surface area contributed by atoms with Crippen LogP contribution in [-0.4, -0.2) is 12.1 Å². The molecule has 0 bridgehead atoms. The lowest BCUT2D eigenvalue weighted by Crippen LogP contribution is -1.98. The van der Waals surface area contributed by atoms with Crippen molar-refractivity contribution in [1.82, 2.24) is 4.98 Å². The molecule has 0 spiro atoms. The summed E-state index contributed by atoms with van der Waals surface area (Å²) in [5, 5.41) is 8.24. The highest BCUT2D eigenvalue weighted by Gasteiger charge is 2.22. The second-order valence-electron chi connectivity index (χ2n) is 2.32. The van der Waals surface area contributed by atoms with E-state index < -0.39 is 12.0 Å². The van der Waals surface area contributed by atoms with Crippen LogP contribution in [0.4, 0.5) is 8.78 Å². The fourth-order valence-electron chi connectivity index (χ4n) is 0.977. The van der Waals surface area contributed by atoms with E-state index >= 15 is 0 Å². The topological polar surface area (TPSA) is 45.9 Å². The monoisotopic (exact) mass is 218 g/mol. The number of hydrogen-bond acceptors (Lipinski definition) is 3. The zero-order valence-corrected chi connectivity index (χ0v) is 7.85. The average Bonchev–Trinajstić information content (AvgIpc) is 2.16. The van der Waals surface area contributed by atoms with Crippen LogP contribution < -0.4 is 4.74 Å². The van der Waals surface area contributed by atoms with Gasteiger partial charge in [-0.15, -0.1) is 0 Å². The summed E-state index contributed by atoms with van der Waals surface area (Å²) >= 11 is 5.45. The number of halogens is 3. The van der Waals surface area contributed by atoms with E-state index in [4.69, 9.17) is 16.9 Å². The van der Waals surface area contributed by atoms with Crippen molar-refractivity contribution in [2.24, 2.45) is 0 Å². The minimum atomic E-state index is -2.82. The first kappa shape index (κ1) is 10.7. The van der Waals surface area contributed by atoms with Gasteiger partial charge >= 0.3 is 0 Å². The fourth-order valence-corrected chi connectivity index (χ4v) is 1.19. The molecule has 0 saturated carbocycles. The molecule has 0 aromatic carbocycles. The highest BCUT2D eigenvalue weighted by molar-refractivity contribution is 6.30. The summed E-state index contributed by atoms with van der Waals surface area (Å²) in [5.74, 6) is -0.220. The maximum atomic E-state index is 12.5. The number of alkyl halides is 2. The van der Waals surface area contributed by atoms with E-state index in [0.29, 0.717) is 0 Å². The normalized spacial score (nSPS) is 10.0. The largest absolute Gasteiger partial charge is 0.495 e. The van der Waals surface area contributed by atoms with Gasteiger partial charge in [0.05, 0.1) is 18.9 Å². The smallest absolute Gasteiger partial charge is 0.270 e. The summed E-state index contributed by atoms with van der Waals surface area (Å²) in [5.41, 5.74) is -0.611. The molecule has 0 unspecified atom stereocenters. The van der Waals surface area contributed by atoms with Crippen molar-refractivity contribution >= 4 is 11.6 Å². The van der Waals surface area contributed by atoms with E-state index in [-0.39, 0.29) is 16.5 Å². The summed E-state index contributed by atoms with van der Waals surface area (Å²) in [6, 6.07) is 1.69. The Bertz CT molecular complexity index is 390. The Hall–Kier alpha value is -1.41. The predicted molar refractivity (Wildman–Crippen MR) is 45.5 cm³/mol. The molecule has 74 valence electrons. The van der Waals surface area contributed by atoms with Crippen LogP contribution in [0.25, 0.3) is 0 Å². The minimum absolute atomic E-state index is 0.0628. The fraction of sp³-hybridized carbons (Fsp3) is 0.250. The van der Waals surface area contributed by atoms with Crippen LogP contribution in [0.1, 0.15) is 17.6 Å². The number of pyridine rings is 1. The predicted octanol–water partition coefficient (Wildman–Crippen LogP) is 2.55. The van der Waals surface area contributed by atoms with Crippen molar-refractivity contribution in [2.45, 2.75) is 6.43 Å². The maximum absolute atomic E-state index is 12.5. The van der Waals surface area contributed by atoms with Crippen LogP contribution in [0.2, 0.25) is 5.15 Å². The first-order chi connectivity index (χ1) is 6.61. The molecule has 0 aliphatic carbocycles. The summed E-state index contributed by atoms with van der Waals surface area (Å²) in [4.78, 5) is 3.46. The van der Waals surface area contributed by atoms with E-state index in [1.807, 2.05) is 0 Å². The van der Waals surface area contributed by atoms with E-state index in [9.17, 15) is 8.78 Å². The van der Waals surface area contributed by atoms with Crippen molar-refractivity contribution in [3.05, 3.63) is 22.5 Å². The number of ether oxygens (including phenoxy) is 1. The Balaban J connectivity index is 3.45. The highest BCUT2D eigenvalue weighted by Crippen LogP contribution is 2.35. The first-order valence-corrected chi connectivity index (χ1v) is 3.90. The van der Waals surface area contributed by atoms with Crippen molar-refractivity contribution in [3.63, 3.8) is 0 Å². The van der Waals surface area contributed by atoms with Gasteiger partial charge in [0.1, 0.15) is 22.5 Å². The van der Waals surface area contributed by atoms with Crippen LogP contribution in [-0.2, 0) is 0 Å². The van der Waals surface area contributed by atoms with Gasteiger partial charge in [-0.2, -0.15) is 5.26 Å². The van der Waals surface area contributed by atoms with Crippen LogP contribution in [0.15, 0.2) is 6.20 Å². The van der Waals surface area contributed by atoms with Crippen molar-refractivity contribution in [2.75, 3.05) is 7.11 Å². The lowest BCUT2D eigenvalue weighted by atomic mass is 10.2. The molecule has 0 N–H and O–H groups in total. The number of nitriles is 1. The third-order valence-corrected chi connectivity index (χ3v) is 1.86. The number of hydrogen-bond donors (Lipinski definition) is 0. The Morgan fingerprint density at radius 2 is 2.29 bits per heavy atom. The van der Waals surface area contributed by atoms with Crippen molar-refractivity contribution in [1.29, 1.82) is 5.26 Å². The Kier molecular flexibility index (Phi) is 3.20. The number of nitrogens with zero attached hydrogens (tertiary/aromatic N) is 2. The summed E-state index contributed by atoms with van der Waals surface area (Å²) in [7, 11) is 1.19. The molecule has 14 heavy (non-hydrogen) atoms. The standard InChI is InChI=1S/C8H5ClF2N2O/c1-14-6-4(2-12)3-13-7(9)5(6)8(10)11/h3,8H,1H3. The van der Waals surface area contributed by atoms with E-state index in [0.717, 1.165) is 6.20 Å². The summed E-state index contributed by atoms with van der Waals surface area (Å²) in [6.07, 6.45) is -1.73. The van der Waals surface area contributed by atoms with E-state index in [1.165, 1.54) is 7.11 Å². The van der Waals surface area contributed by atoms with Gasteiger partial charge < -0.3 is 4.74 Å². The van der Waals surface area contributed by atoms with Gasteiger partial charge in [0.25, 0.3) is 6.43 Å². The van der Waals surface area contributed by atoms with Crippen LogP contribution >= 0.6 is 11.6 Å². The maximum Gasteiger partial charge on any atom is 0.270 e. The van der Waals surface area contributed by atoms with Gasteiger partial charge in [-0.25, -0.2) is 13.8 Å². The van der Waals surface area contributed by atoms with Crippen LogP contribution in [0.3, 0.4) is 0 Å². The van der Waals surface area contributed by atoms with Crippen molar-refractivity contribution < 1.29 is 13.5 Å². The van der Waals surface area contributed by atoms with E-state index in [1.54, 1.807) is 6.07 Å². The van der Waals surface area contributed by atoms with Crippen LogP contribution in [0.5, 0.6) is 5.75 Å². The molecule has 1 rings (SSSR count). The molecule has 0 amide bonds. The second-order valence-corrected chi connectivity index (χ2v) is 2.68. The Morgan fingerprint density at radius 3 is 2.71 bits per heavy atom. The molecule has 0 fully saturated rings. The minimum Gasteiger partial charge on any atom is -0.495 e. The number of rotatable bonds is 2. The molecule has 1 aromatic heterocycles. The van der Waals surface area contributed by atoms with Gasteiger partial charge in [0.15, 0.2) is 0 Å². The van der Waals surface area contributed by atoms with Gasteiger partial charge in [0.2, 0.25) is 0 Å². The van der Waals surface area contributed by atoms with Crippen molar-refractivity contribution in [3.8, 4) is 11.8 Å². The quantitative estimate of drug-likeness (QED) is 0.717. The van der Waals surface area contributed by atoms with E-state index in [2.05, 4.69) is 9.72 Å². The SMILES string of the molecule is COc1c(C#N)cnc(Cl)c1C(F)F. The molecular weight excluding hydrogens is 214 g/mol. The molecule has 0 saturated heterocycles. The molecule has 6 heteroatoms. The zero-order chi connectivity index (χ0) is 10.7. The Morgan fingerprint density at radius 1 is 1.64 bits per heavy atom. The Labute approximate surface area is 83.9 Å². The summed E-state index contributed by atoms with van der Waals surface area (Å²) in [6.45, 7) is 0. The highest BCUT2D eigenvalue weighted by atomic mass is 35.5. The van der Waals surface area contributed by atoms with Gasteiger partial charge in [-0.1, -0.05) is 11.6 Å². The third kappa shape index (κ3) is 1.75. The molecule has 3 nitrogen and oxygen atoms in total. The van der Waals surface area contributed by atoms with Gasteiger partial charge in [-0.05, 0) is 0 Å². The first-order valence-electron chi connectivity index (χ1n) is 3.52. The molecule has 0 radical (unpaired) electrons. The second kappa shape index (κ2) is 4.20. The molecule has 0 atom stereocenters. The molecule has 0 aliphatic heterocycles. The number of methoxy groups -OCH3 is 1. The number of aromatic nitrogens is 1. The molecular formula is C8H5ClF2N2O. The average molecular weight is 219 g/mol. The molecule has 0 aliphatic rings. The zero-order valence-electron chi connectivity index (χ0n) is 7.09. The lowest BCUT2D eigenvalue weighted by Gasteiger charge is -2.09. The molecule has 1 heterocycles. The molecule has 1 aromatic rings. The van der Waals surface area contributed by atoms with Gasteiger partial charge in [-0.3, -0.25) is 0 Å². The van der Waals surface area contributed by atoms with Crippen LogP contribution in [0, 0.1) is 11.3 Å². The lowest BCUT2D eigenvalue weighted by molar-refractivity contribution is 0.146.